The molecule has 1 unspecified atom stereocenters. The van der Waals surface area contributed by atoms with Crippen LogP contribution in [0.2, 0.25) is 0 Å². The van der Waals surface area contributed by atoms with E-state index in [0.717, 1.165) is 184 Å². The highest BCUT2D eigenvalue weighted by molar-refractivity contribution is 6.11. The van der Waals surface area contributed by atoms with Crippen LogP contribution in [-0.2, 0) is 6.42 Å². The van der Waals surface area contributed by atoms with Crippen LogP contribution in [0.5, 0.6) is 0 Å². The fraction of sp³-hybridized carbons (Fsp3) is 0.279. The molecule has 12 heteroatoms. The third-order valence-corrected chi connectivity index (χ3v) is 15.8. The number of anilines is 5. The Balaban J connectivity index is 0.611. The predicted octanol–water partition coefficient (Wildman–Crippen LogP) is 13.7. The summed E-state index contributed by atoms with van der Waals surface area (Å²) >= 11 is 0. The number of fused-ring (bicyclic) bond motifs is 4. The average molecular weight is 1060 g/mol. The van der Waals surface area contributed by atoms with Gasteiger partial charge in [-0.15, -0.1) is 4.57 Å². The first-order valence-corrected chi connectivity index (χ1v) is 28.6. The molecule has 12 nitrogen and oxygen atoms in total. The van der Waals surface area contributed by atoms with Crippen molar-refractivity contribution in [1.82, 2.24) is 15.6 Å². The van der Waals surface area contributed by atoms with Gasteiger partial charge in [-0.3, -0.25) is 9.59 Å². The lowest BCUT2D eigenvalue weighted by atomic mass is 9.91. The molecule has 0 fully saturated rings. The van der Waals surface area contributed by atoms with Crippen LogP contribution in [0.4, 0.5) is 34.1 Å². The van der Waals surface area contributed by atoms with Crippen LogP contribution in [0.25, 0.3) is 38.9 Å². The summed E-state index contributed by atoms with van der Waals surface area (Å²) in [7, 11) is 3.90. The summed E-state index contributed by atoms with van der Waals surface area (Å²) in [6.07, 6.45) is 16.5. The van der Waals surface area contributed by atoms with Crippen molar-refractivity contribution in [3.63, 3.8) is 0 Å². The number of nitrogens with one attached hydrogen (secondary N) is 4. The molecular formula is C68H75N10O2+. The van der Waals surface area contributed by atoms with Crippen molar-refractivity contribution in [2.45, 2.75) is 96.9 Å². The van der Waals surface area contributed by atoms with Gasteiger partial charge in [0.25, 0.3) is 11.8 Å². The maximum absolute atomic E-state index is 13.0. The highest BCUT2D eigenvalue weighted by atomic mass is 16.2. The third-order valence-electron chi connectivity index (χ3n) is 15.8. The van der Waals surface area contributed by atoms with Crippen LogP contribution in [0.15, 0.2) is 174 Å². The normalized spacial score (nSPS) is 13.7. The predicted molar refractivity (Wildman–Crippen MR) is 331 cm³/mol. The number of aryl methyl sites for hydroxylation is 3. The van der Waals surface area contributed by atoms with E-state index >= 15 is 0 Å². The lowest BCUT2D eigenvalue weighted by Crippen LogP contribution is -2.40. The van der Waals surface area contributed by atoms with Gasteiger partial charge in [0.2, 0.25) is 16.7 Å². The number of hydrogen-bond donors (Lipinski definition) is 6. The minimum absolute atomic E-state index is 0.0702. The SMILES string of the molecule is CNc1cc2c(cc1C)N=C1C=C(CCCCCCCNC(=O)c3ccc(-c4ccc(C(=O)NCCCCCCCc5cc6nc7cc(C)c(NC)cc7[n+](-c7ccccc7)c6cc5N)cc4)cc3)C(N)=CC1N2c1ccccc1. The Labute approximate surface area is 471 Å². The van der Waals surface area contributed by atoms with Crippen molar-refractivity contribution in [3.8, 4) is 16.8 Å². The number of benzene rings is 7. The number of unbranched alkanes of at least 4 members (excludes halogenated alkanes) is 8. The average Bonchev–Trinajstić information content (AvgIpc) is 3.60. The molecule has 0 radical (unpaired) electrons. The van der Waals surface area contributed by atoms with Crippen molar-refractivity contribution in [2.75, 3.05) is 48.5 Å². The molecule has 1 aromatic heterocycles. The van der Waals surface area contributed by atoms with E-state index in [1.165, 1.54) is 0 Å². The molecule has 8 N–H and O–H groups in total. The standard InChI is InChI=1S/C68H74N10O2/c1-45-37-59-65(43-57(45)71-3)77(53-23-15-11-16-24-53)63-41-55(69)51(39-61(63)75-59)21-13-7-5-9-19-35-73-67(79)49-31-27-47(28-32-49)48-29-33-50(34-30-48)68(80)74-36-20-10-6-8-14-22-52-40-62-64(42-56(52)70)78(54-25-17-12-18-26-54)66-44-58(72-4)46(2)38-60(66)76-62/h11-12,15-18,23-34,37-44,63,71H,5-10,13-14,19-22,35-36,69H2,1-4H3,(H4,70,72,73,74,79,80)/p+1. The zero-order valence-corrected chi connectivity index (χ0v) is 46.7. The van der Waals surface area contributed by atoms with Gasteiger partial charge in [-0.1, -0.05) is 99.2 Å². The molecule has 80 heavy (non-hydrogen) atoms. The maximum Gasteiger partial charge on any atom is 0.251 e. The van der Waals surface area contributed by atoms with Crippen molar-refractivity contribution >= 4 is 73.7 Å². The Bertz CT molecular complexity index is 3610. The number of aliphatic imine (C=N–C) groups is 1. The number of carbonyl (C=O) groups excluding carboxylic acids is 2. The molecule has 2 amide bonds. The van der Waals surface area contributed by atoms with Gasteiger partial charge in [-0.05, 0) is 159 Å². The molecule has 0 spiro atoms. The number of para-hydroxylation sites is 2. The van der Waals surface area contributed by atoms with Crippen molar-refractivity contribution in [1.29, 1.82) is 0 Å². The number of rotatable bonds is 23. The molecule has 408 valence electrons. The lowest BCUT2D eigenvalue weighted by molar-refractivity contribution is -0.538. The van der Waals surface area contributed by atoms with Crippen LogP contribution in [-0.4, -0.2) is 55.7 Å². The van der Waals surface area contributed by atoms with Gasteiger partial charge in [-0.25, -0.2) is 9.98 Å². The van der Waals surface area contributed by atoms with E-state index in [9.17, 15) is 9.59 Å². The molecule has 2 heterocycles. The summed E-state index contributed by atoms with van der Waals surface area (Å²) < 4.78 is 2.26. The smallest absolute Gasteiger partial charge is 0.251 e. The van der Waals surface area contributed by atoms with Gasteiger partial charge in [0, 0.05) is 91.0 Å². The highest BCUT2D eigenvalue weighted by Gasteiger charge is 2.33. The number of hydrogen-bond acceptors (Lipinski definition) is 9. The first-order valence-electron chi connectivity index (χ1n) is 28.6. The quantitative estimate of drug-likeness (QED) is 0.0159. The summed E-state index contributed by atoms with van der Waals surface area (Å²) in [5.74, 6) is -0.142. The molecule has 1 aliphatic heterocycles. The molecule has 7 aromatic carbocycles. The lowest BCUT2D eigenvalue weighted by Gasteiger charge is -2.38. The summed E-state index contributed by atoms with van der Waals surface area (Å²) in [5.41, 5.74) is 34.1. The molecule has 10 rings (SSSR count). The summed E-state index contributed by atoms with van der Waals surface area (Å²) in [6.45, 7) is 5.48. The Kier molecular flexibility index (Phi) is 17.3. The van der Waals surface area contributed by atoms with E-state index in [1.807, 2.05) is 74.8 Å². The van der Waals surface area contributed by atoms with Gasteiger partial charge in [-0.2, -0.15) is 0 Å². The van der Waals surface area contributed by atoms with Gasteiger partial charge < -0.3 is 37.6 Å². The molecule has 0 saturated carbocycles. The fourth-order valence-electron chi connectivity index (χ4n) is 11.3. The summed E-state index contributed by atoms with van der Waals surface area (Å²) in [4.78, 5) is 38.7. The third kappa shape index (κ3) is 12.4. The van der Waals surface area contributed by atoms with Crippen molar-refractivity contribution in [3.05, 3.63) is 197 Å². The number of nitrogens with two attached hydrogens (primary N) is 2. The Hall–Kier alpha value is -8.77. The van der Waals surface area contributed by atoms with Crippen LogP contribution in [0.3, 0.4) is 0 Å². The Morgan fingerprint density at radius 3 is 1.75 bits per heavy atom. The second-order valence-corrected chi connectivity index (χ2v) is 21.3. The monoisotopic (exact) mass is 1060 g/mol. The number of allylic oxidation sites excluding steroid dienone is 1. The molecule has 2 aliphatic rings. The highest BCUT2D eigenvalue weighted by Crippen LogP contribution is 2.44. The molecule has 1 aliphatic carbocycles. The Morgan fingerprint density at radius 1 is 0.588 bits per heavy atom. The summed E-state index contributed by atoms with van der Waals surface area (Å²) in [6, 6.07) is 49.0. The fourth-order valence-corrected chi connectivity index (χ4v) is 11.3. The Morgan fingerprint density at radius 2 is 1.12 bits per heavy atom. The number of nitrogen functional groups attached to an aromatic ring is 1. The van der Waals surface area contributed by atoms with E-state index in [1.54, 1.807) is 0 Å². The van der Waals surface area contributed by atoms with E-state index in [-0.39, 0.29) is 17.9 Å². The largest absolute Gasteiger partial charge is 0.399 e. The first-order chi connectivity index (χ1) is 39.1. The number of nitrogens with zero attached hydrogens (tertiary/aromatic N) is 4. The molecule has 1 atom stereocenters. The van der Waals surface area contributed by atoms with Gasteiger partial charge >= 0.3 is 0 Å². The van der Waals surface area contributed by atoms with E-state index < -0.39 is 0 Å². The molecule has 0 bridgehead atoms. The second kappa shape index (κ2) is 25.4. The topological polar surface area (TPSA) is 167 Å². The van der Waals surface area contributed by atoms with Gasteiger partial charge in [0.05, 0.1) is 23.1 Å². The molecular weight excluding hydrogens is 989 g/mol. The maximum atomic E-state index is 13.0. The zero-order chi connectivity index (χ0) is 55.5. The van der Waals surface area contributed by atoms with Crippen LogP contribution in [0.1, 0.15) is 108 Å². The van der Waals surface area contributed by atoms with Gasteiger partial charge in [0.1, 0.15) is 11.0 Å². The molecule has 8 aromatic rings. The van der Waals surface area contributed by atoms with Crippen molar-refractivity contribution < 1.29 is 14.2 Å². The van der Waals surface area contributed by atoms with Gasteiger partial charge in [0.15, 0.2) is 0 Å². The summed E-state index contributed by atoms with van der Waals surface area (Å²) in [5, 5.41) is 12.9. The van der Waals surface area contributed by atoms with Crippen LogP contribution < -0.4 is 42.2 Å². The number of amides is 2. The van der Waals surface area contributed by atoms with Crippen molar-refractivity contribution in [2.24, 2.45) is 10.7 Å². The molecule has 0 saturated heterocycles. The van der Waals surface area contributed by atoms with Crippen LogP contribution in [0, 0.1) is 13.8 Å². The number of aromatic nitrogens is 2. The second-order valence-electron chi connectivity index (χ2n) is 21.3. The van der Waals surface area contributed by atoms with Crippen LogP contribution >= 0.6 is 0 Å². The van der Waals surface area contributed by atoms with E-state index in [0.29, 0.717) is 24.2 Å². The number of carbonyl (C=O) groups is 2. The zero-order valence-electron chi connectivity index (χ0n) is 46.7. The minimum Gasteiger partial charge on any atom is -0.399 e. The first kappa shape index (κ1) is 54.6. The van der Waals surface area contributed by atoms with E-state index in [2.05, 4.69) is 142 Å². The minimum atomic E-state index is -0.0804. The van der Waals surface area contributed by atoms with E-state index in [4.69, 9.17) is 21.4 Å².